The molecule has 3 aliphatic rings. The number of hydrogen-bond donors (Lipinski definition) is 0. The maximum atomic E-state index is 13.6. The SMILES string of the molecule is O=C(c1cccc(F)c1)N1CC[C@@]2(C1)c1ccccc1S(=O)(=O)N2CC1CC1. The lowest BCUT2D eigenvalue weighted by molar-refractivity contribution is 0.0762. The first-order valence-corrected chi connectivity index (χ1v) is 11.0. The van der Waals surface area contributed by atoms with Crippen LogP contribution in [0.2, 0.25) is 0 Å². The van der Waals surface area contributed by atoms with E-state index in [2.05, 4.69) is 0 Å². The number of sulfonamides is 1. The maximum absolute atomic E-state index is 13.6. The van der Waals surface area contributed by atoms with E-state index in [0.717, 1.165) is 18.4 Å². The third kappa shape index (κ3) is 2.60. The highest BCUT2D eigenvalue weighted by Gasteiger charge is 2.58. The number of nitrogens with zero attached hydrogens (tertiary/aromatic N) is 2. The van der Waals surface area contributed by atoms with Gasteiger partial charge in [0.1, 0.15) is 5.82 Å². The molecule has 1 amide bonds. The van der Waals surface area contributed by atoms with Gasteiger partial charge in [0.2, 0.25) is 10.0 Å². The second kappa shape index (κ2) is 6.12. The maximum Gasteiger partial charge on any atom is 0.254 e. The summed E-state index contributed by atoms with van der Waals surface area (Å²) in [4.78, 5) is 15.0. The number of fused-ring (bicyclic) bond motifs is 2. The Bertz CT molecular complexity index is 1070. The van der Waals surface area contributed by atoms with E-state index < -0.39 is 21.4 Å². The summed E-state index contributed by atoms with van der Waals surface area (Å²) in [6.07, 6.45) is 2.64. The standard InChI is InChI=1S/C21H21FN2O3S/c22-17-5-3-4-16(12-17)20(25)23-11-10-21(14-23)18-6-1-2-7-19(18)28(26,27)24(21)13-15-8-9-15/h1-7,12,15H,8-11,13-14H2/t21-/m1/s1. The quantitative estimate of drug-likeness (QED) is 0.796. The summed E-state index contributed by atoms with van der Waals surface area (Å²) in [6, 6.07) is 12.8. The van der Waals surface area contributed by atoms with Crippen molar-refractivity contribution in [3.05, 3.63) is 65.5 Å². The van der Waals surface area contributed by atoms with Crippen LogP contribution in [-0.4, -0.2) is 43.2 Å². The minimum Gasteiger partial charge on any atom is -0.336 e. The Kier molecular flexibility index (Phi) is 3.90. The number of likely N-dealkylation sites (tertiary alicyclic amines) is 1. The molecule has 1 atom stereocenters. The Morgan fingerprint density at radius 2 is 1.93 bits per heavy atom. The zero-order valence-electron chi connectivity index (χ0n) is 15.3. The highest BCUT2D eigenvalue weighted by molar-refractivity contribution is 7.89. The Labute approximate surface area is 163 Å². The molecule has 2 aliphatic heterocycles. The van der Waals surface area contributed by atoms with Crippen LogP contribution in [0.3, 0.4) is 0 Å². The second-order valence-electron chi connectivity index (χ2n) is 7.99. The highest BCUT2D eigenvalue weighted by Crippen LogP contribution is 2.51. The second-order valence-corrected chi connectivity index (χ2v) is 9.83. The molecule has 5 nitrogen and oxygen atoms in total. The van der Waals surface area contributed by atoms with Gasteiger partial charge in [0.15, 0.2) is 0 Å². The molecule has 0 aromatic heterocycles. The Morgan fingerprint density at radius 3 is 2.68 bits per heavy atom. The van der Waals surface area contributed by atoms with Gasteiger partial charge < -0.3 is 4.90 Å². The summed E-state index contributed by atoms with van der Waals surface area (Å²) in [5.41, 5.74) is 0.353. The highest BCUT2D eigenvalue weighted by atomic mass is 32.2. The van der Waals surface area contributed by atoms with Crippen molar-refractivity contribution < 1.29 is 17.6 Å². The molecule has 2 fully saturated rings. The van der Waals surface area contributed by atoms with Gasteiger partial charge in [0.25, 0.3) is 5.91 Å². The minimum absolute atomic E-state index is 0.260. The van der Waals surface area contributed by atoms with Crippen molar-refractivity contribution in [1.29, 1.82) is 0 Å². The first-order chi connectivity index (χ1) is 13.4. The number of benzene rings is 2. The van der Waals surface area contributed by atoms with Crippen LogP contribution in [0.1, 0.15) is 35.2 Å². The van der Waals surface area contributed by atoms with Crippen molar-refractivity contribution in [3.8, 4) is 0 Å². The predicted molar refractivity (Wildman–Crippen MR) is 102 cm³/mol. The lowest BCUT2D eigenvalue weighted by atomic mass is 9.88. The number of rotatable bonds is 3. The summed E-state index contributed by atoms with van der Waals surface area (Å²) in [6.45, 7) is 1.24. The number of carbonyl (C=O) groups excluding carboxylic acids is 1. The molecule has 0 N–H and O–H groups in total. The molecule has 1 aliphatic carbocycles. The first kappa shape index (κ1) is 17.8. The molecular weight excluding hydrogens is 379 g/mol. The number of halogens is 1. The van der Waals surface area contributed by atoms with Gasteiger partial charge in [0, 0.05) is 25.2 Å². The molecule has 146 valence electrons. The van der Waals surface area contributed by atoms with E-state index in [4.69, 9.17) is 0 Å². The lowest BCUT2D eigenvalue weighted by Crippen LogP contribution is -2.47. The first-order valence-electron chi connectivity index (χ1n) is 9.59. The summed E-state index contributed by atoms with van der Waals surface area (Å²) in [5.74, 6) is -0.317. The Balaban J connectivity index is 1.53. The molecule has 1 saturated carbocycles. The summed E-state index contributed by atoms with van der Waals surface area (Å²) < 4.78 is 41.7. The third-order valence-corrected chi connectivity index (χ3v) is 8.15. The fourth-order valence-electron chi connectivity index (χ4n) is 4.56. The van der Waals surface area contributed by atoms with E-state index in [0.29, 0.717) is 42.4 Å². The van der Waals surface area contributed by atoms with Crippen molar-refractivity contribution in [2.24, 2.45) is 5.92 Å². The third-order valence-electron chi connectivity index (χ3n) is 6.16. The molecule has 2 aromatic carbocycles. The molecule has 7 heteroatoms. The number of amides is 1. The van der Waals surface area contributed by atoms with Crippen LogP contribution < -0.4 is 0 Å². The molecule has 0 bridgehead atoms. The monoisotopic (exact) mass is 400 g/mol. The van der Waals surface area contributed by atoms with E-state index in [-0.39, 0.29) is 5.91 Å². The molecule has 0 unspecified atom stereocenters. The van der Waals surface area contributed by atoms with Gasteiger partial charge in [-0.2, -0.15) is 4.31 Å². The molecule has 1 saturated heterocycles. The van der Waals surface area contributed by atoms with Gasteiger partial charge in [-0.05, 0) is 55.0 Å². The molecule has 1 spiro atoms. The average molecular weight is 400 g/mol. The van der Waals surface area contributed by atoms with Crippen LogP contribution in [-0.2, 0) is 15.6 Å². The van der Waals surface area contributed by atoms with E-state index in [1.807, 2.05) is 12.1 Å². The Morgan fingerprint density at radius 1 is 1.14 bits per heavy atom. The molecule has 0 radical (unpaired) electrons. The van der Waals surface area contributed by atoms with Gasteiger partial charge in [-0.25, -0.2) is 12.8 Å². The summed E-state index contributed by atoms with van der Waals surface area (Å²) in [5, 5.41) is 0. The largest absolute Gasteiger partial charge is 0.336 e. The fourth-order valence-corrected chi connectivity index (χ4v) is 6.70. The van der Waals surface area contributed by atoms with E-state index in [9.17, 15) is 17.6 Å². The van der Waals surface area contributed by atoms with E-state index in [1.165, 1.54) is 18.2 Å². The fraction of sp³-hybridized carbons (Fsp3) is 0.381. The topological polar surface area (TPSA) is 57.7 Å². The molecular formula is C21H21FN2O3S. The van der Waals surface area contributed by atoms with Crippen LogP contribution in [0, 0.1) is 11.7 Å². The van der Waals surface area contributed by atoms with Crippen LogP contribution in [0.25, 0.3) is 0 Å². The van der Waals surface area contributed by atoms with Crippen molar-refractivity contribution in [1.82, 2.24) is 9.21 Å². The van der Waals surface area contributed by atoms with Crippen LogP contribution >= 0.6 is 0 Å². The number of carbonyl (C=O) groups is 1. The van der Waals surface area contributed by atoms with Crippen molar-refractivity contribution in [3.63, 3.8) is 0 Å². The molecule has 2 aromatic rings. The zero-order valence-corrected chi connectivity index (χ0v) is 16.2. The molecule has 5 rings (SSSR count). The van der Waals surface area contributed by atoms with E-state index >= 15 is 0 Å². The smallest absolute Gasteiger partial charge is 0.254 e. The normalized spacial score (nSPS) is 26.0. The van der Waals surface area contributed by atoms with Crippen LogP contribution in [0.4, 0.5) is 4.39 Å². The van der Waals surface area contributed by atoms with Gasteiger partial charge in [-0.15, -0.1) is 0 Å². The van der Waals surface area contributed by atoms with Gasteiger partial charge in [-0.1, -0.05) is 24.3 Å². The van der Waals surface area contributed by atoms with Crippen LogP contribution in [0.5, 0.6) is 0 Å². The van der Waals surface area contributed by atoms with Crippen molar-refractivity contribution >= 4 is 15.9 Å². The van der Waals surface area contributed by atoms with Gasteiger partial charge >= 0.3 is 0 Å². The lowest BCUT2D eigenvalue weighted by Gasteiger charge is -2.34. The molecule has 28 heavy (non-hydrogen) atoms. The Hall–Kier alpha value is -2.25. The van der Waals surface area contributed by atoms with E-state index in [1.54, 1.807) is 27.4 Å². The van der Waals surface area contributed by atoms with Crippen molar-refractivity contribution in [2.75, 3.05) is 19.6 Å². The minimum atomic E-state index is -3.58. The number of hydrogen-bond acceptors (Lipinski definition) is 3. The molecule has 2 heterocycles. The zero-order chi connectivity index (χ0) is 19.5. The van der Waals surface area contributed by atoms with Crippen LogP contribution in [0.15, 0.2) is 53.4 Å². The predicted octanol–water partition coefficient (Wildman–Crippen LogP) is 2.98. The van der Waals surface area contributed by atoms with Crippen molar-refractivity contribution in [2.45, 2.75) is 29.7 Å². The van der Waals surface area contributed by atoms with Gasteiger partial charge in [0.05, 0.1) is 10.4 Å². The summed E-state index contributed by atoms with van der Waals surface area (Å²) in [7, 11) is -3.58. The van der Waals surface area contributed by atoms with Gasteiger partial charge in [-0.3, -0.25) is 4.79 Å². The summed E-state index contributed by atoms with van der Waals surface area (Å²) >= 11 is 0. The average Bonchev–Trinajstić information content (AvgIpc) is 3.38.